The largest absolute Gasteiger partial charge is 0.356 e. The Morgan fingerprint density at radius 1 is 1.25 bits per heavy atom. The van der Waals surface area contributed by atoms with E-state index in [9.17, 15) is 4.79 Å². The summed E-state index contributed by atoms with van der Waals surface area (Å²) in [6.07, 6.45) is 0.834. The van der Waals surface area contributed by atoms with Crippen molar-refractivity contribution in [2.75, 3.05) is 47.3 Å². The minimum Gasteiger partial charge on any atom is -0.356 e. The van der Waals surface area contributed by atoms with Crippen LogP contribution in [0, 0.1) is 0 Å². The smallest absolute Gasteiger partial charge is 0.251 e. The van der Waals surface area contributed by atoms with Crippen molar-refractivity contribution in [1.82, 2.24) is 20.9 Å². The van der Waals surface area contributed by atoms with Gasteiger partial charge in [-0.1, -0.05) is 19.1 Å². The lowest BCUT2D eigenvalue weighted by atomic mass is 10.1. The van der Waals surface area contributed by atoms with E-state index in [1.165, 1.54) is 0 Å². The number of aliphatic imine (C=N–C) groups is 1. The summed E-state index contributed by atoms with van der Waals surface area (Å²) in [5, 5.41) is 9.23. The highest BCUT2D eigenvalue weighted by Gasteiger charge is 2.04. The molecular formula is C17H30IN5O. The minimum absolute atomic E-state index is 0. The second-order valence-corrected chi connectivity index (χ2v) is 5.35. The fraction of sp³-hybridized carbons (Fsp3) is 0.529. The van der Waals surface area contributed by atoms with Crippen molar-refractivity contribution >= 4 is 35.8 Å². The molecule has 0 saturated carbocycles. The lowest BCUT2D eigenvalue weighted by Crippen LogP contribution is -2.41. The van der Waals surface area contributed by atoms with Crippen LogP contribution in [-0.2, 0) is 6.42 Å². The summed E-state index contributed by atoms with van der Waals surface area (Å²) in [7, 11) is 5.50. The molecule has 0 bridgehead atoms. The molecule has 136 valence electrons. The molecule has 7 heteroatoms. The third kappa shape index (κ3) is 8.49. The van der Waals surface area contributed by atoms with E-state index in [1.54, 1.807) is 14.1 Å². The van der Waals surface area contributed by atoms with Crippen LogP contribution in [0.4, 0.5) is 0 Å². The first-order valence-electron chi connectivity index (χ1n) is 8.04. The van der Waals surface area contributed by atoms with Gasteiger partial charge in [0.05, 0.1) is 0 Å². The lowest BCUT2D eigenvalue weighted by Gasteiger charge is -2.16. The van der Waals surface area contributed by atoms with E-state index in [0.29, 0.717) is 5.56 Å². The second-order valence-electron chi connectivity index (χ2n) is 5.35. The summed E-state index contributed by atoms with van der Waals surface area (Å²) in [6.45, 7) is 5.78. The van der Waals surface area contributed by atoms with Crippen LogP contribution in [0.1, 0.15) is 22.8 Å². The van der Waals surface area contributed by atoms with Gasteiger partial charge in [0.15, 0.2) is 5.96 Å². The number of likely N-dealkylation sites (N-methyl/N-ethyl adjacent to an activating group) is 1. The Hall–Kier alpha value is -1.35. The summed E-state index contributed by atoms with van der Waals surface area (Å²) in [5.74, 6) is 0.745. The van der Waals surface area contributed by atoms with Gasteiger partial charge in [0.25, 0.3) is 5.91 Å². The summed E-state index contributed by atoms with van der Waals surface area (Å²) in [4.78, 5) is 18.1. The van der Waals surface area contributed by atoms with E-state index < -0.39 is 0 Å². The molecule has 0 radical (unpaired) electrons. The topological polar surface area (TPSA) is 68.8 Å². The molecule has 0 aliphatic rings. The zero-order chi connectivity index (χ0) is 17.1. The number of carbonyl (C=O) groups is 1. The molecule has 0 aliphatic heterocycles. The highest BCUT2D eigenvalue weighted by atomic mass is 127. The van der Waals surface area contributed by atoms with Gasteiger partial charge in [0.2, 0.25) is 0 Å². The number of nitrogens with zero attached hydrogens (tertiary/aromatic N) is 2. The molecule has 0 heterocycles. The molecule has 0 spiro atoms. The van der Waals surface area contributed by atoms with Crippen LogP contribution in [-0.4, -0.2) is 64.1 Å². The fourth-order valence-electron chi connectivity index (χ4n) is 2.08. The molecule has 0 aromatic heterocycles. The Balaban J connectivity index is 0.00000529. The molecule has 0 aliphatic carbocycles. The Bertz CT molecular complexity index is 521. The SMILES string of the molecule is CCN(C)CCNC(=NC)NCCc1cccc(C(=O)NC)c1.I. The molecule has 1 aromatic carbocycles. The van der Waals surface area contributed by atoms with E-state index in [0.717, 1.165) is 44.1 Å². The van der Waals surface area contributed by atoms with Crippen LogP contribution < -0.4 is 16.0 Å². The van der Waals surface area contributed by atoms with E-state index in [2.05, 4.69) is 39.8 Å². The second kappa shape index (κ2) is 13.0. The van der Waals surface area contributed by atoms with Gasteiger partial charge in [-0.25, -0.2) is 0 Å². The molecule has 1 aromatic rings. The van der Waals surface area contributed by atoms with Gasteiger partial charge in [0.1, 0.15) is 0 Å². The summed E-state index contributed by atoms with van der Waals surface area (Å²) < 4.78 is 0. The molecule has 1 rings (SSSR count). The average molecular weight is 447 g/mol. The van der Waals surface area contributed by atoms with Crippen molar-refractivity contribution in [3.05, 3.63) is 35.4 Å². The number of hydrogen-bond donors (Lipinski definition) is 3. The van der Waals surface area contributed by atoms with E-state index in [4.69, 9.17) is 0 Å². The quantitative estimate of drug-likeness (QED) is 0.320. The van der Waals surface area contributed by atoms with E-state index in [-0.39, 0.29) is 29.9 Å². The number of carbonyl (C=O) groups excluding carboxylic acids is 1. The van der Waals surface area contributed by atoms with Crippen LogP contribution in [0.2, 0.25) is 0 Å². The standard InChI is InChI=1S/C17H29N5O.HI/c1-5-22(4)12-11-21-17(19-3)20-10-9-14-7-6-8-15(13-14)16(23)18-2;/h6-8,13H,5,9-12H2,1-4H3,(H,18,23)(H2,19,20,21);1H. The van der Waals surface area contributed by atoms with Crippen LogP contribution in [0.15, 0.2) is 29.3 Å². The van der Waals surface area contributed by atoms with Gasteiger partial charge in [-0.05, 0) is 37.7 Å². The van der Waals surface area contributed by atoms with Gasteiger partial charge in [-0.3, -0.25) is 9.79 Å². The highest BCUT2D eigenvalue weighted by molar-refractivity contribution is 14.0. The Labute approximate surface area is 162 Å². The van der Waals surface area contributed by atoms with Crippen molar-refractivity contribution in [2.45, 2.75) is 13.3 Å². The normalized spacial score (nSPS) is 11.0. The van der Waals surface area contributed by atoms with Crippen LogP contribution in [0.3, 0.4) is 0 Å². The number of amides is 1. The fourth-order valence-corrected chi connectivity index (χ4v) is 2.08. The maximum Gasteiger partial charge on any atom is 0.251 e. The number of benzene rings is 1. The van der Waals surface area contributed by atoms with E-state index in [1.807, 2.05) is 24.3 Å². The van der Waals surface area contributed by atoms with Crippen LogP contribution in [0.5, 0.6) is 0 Å². The number of guanidine groups is 1. The number of rotatable bonds is 8. The maximum absolute atomic E-state index is 11.6. The molecule has 0 unspecified atom stereocenters. The molecule has 0 atom stereocenters. The zero-order valence-corrected chi connectivity index (χ0v) is 17.4. The number of hydrogen-bond acceptors (Lipinski definition) is 3. The minimum atomic E-state index is -0.0580. The van der Waals surface area contributed by atoms with Crippen molar-refractivity contribution < 1.29 is 4.79 Å². The molecule has 3 N–H and O–H groups in total. The van der Waals surface area contributed by atoms with Crippen molar-refractivity contribution in [1.29, 1.82) is 0 Å². The summed E-state index contributed by atoms with van der Waals surface area (Å²) >= 11 is 0. The molecule has 24 heavy (non-hydrogen) atoms. The molecule has 0 saturated heterocycles. The van der Waals surface area contributed by atoms with Crippen LogP contribution >= 0.6 is 24.0 Å². The highest BCUT2D eigenvalue weighted by Crippen LogP contribution is 2.05. The number of halogens is 1. The third-order valence-corrected chi connectivity index (χ3v) is 3.67. The first-order valence-corrected chi connectivity index (χ1v) is 8.04. The monoisotopic (exact) mass is 447 g/mol. The van der Waals surface area contributed by atoms with Gasteiger partial charge in [0, 0.05) is 39.3 Å². The van der Waals surface area contributed by atoms with Crippen molar-refractivity contribution in [2.24, 2.45) is 4.99 Å². The molecule has 1 amide bonds. The molecule has 0 fully saturated rings. The summed E-state index contributed by atoms with van der Waals surface area (Å²) in [5.41, 5.74) is 1.81. The molecular weight excluding hydrogens is 417 g/mol. The lowest BCUT2D eigenvalue weighted by molar-refractivity contribution is 0.0963. The Morgan fingerprint density at radius 2 is 1.96 bits per heavy atom. The first kappa shape index (κ1) is 22.6. The van der Waals surface area contributed by atoms with Crippen LogP contribution in [0.25, 0.3) is 0 Å². The Morgan fingerprint density at radius 3 is 2.58 bits per heavy atom. The van der Waals surface area contributed by atoms with Crippen molar-refractivity contribution in [3.63, 3.8) is 0 Å². The maximum atomic E-state index is 11.6. The van der Waals surface area contributed by atoms with E-state index >= 15 is 0 Å². The molecule has 6 nitrogen and oxygen atoms in total. The Kier molecular flexibility index (Phi) is 12.3. The predicted octanol–water partition coefficient (Wildman–Crippen LogP) is 1.32. The van der Waals surface area contributed by atoms with Gasteiger partial charge >= 0.3 is 0 Å². The number of nitrogens with one attached hydrogen (secondary N) is 3. The van der Waals surface area contributed by atoms with Gasteiger partial charge in [-0.2, -0.15) is 0 Å². The van der Waals surface area contributed by atoms with Crippen molar-refractivity contribution in [3.8, 4) is 0 Å². The van der Waals surface area contributed by atoms with Gasteiger partial charge in [-0.15, -0.1) is 24.0 Å². The third-order valence-electron chi connectivity index (χ3n) is 3.67. The van der Waals surface area contributed by atoms with Gasteiger partial charge < -0.3 is 20.9 Å². The predicted molar refractivity (Wildman–Crippen MR) is 111 cm³/mol. The zero-order valence-electron chi connectivity index (χ0n) is 15.1. The average Bonchev–Trinajstić information content (AvgIpc) is 2.59. The first-order chi connectivity index (χ1) is 11.1. The summed E-state index contributed by atoms with van der Waals surface area (Å²) in [6, 6.07) is 7.68.